The van der Waals surface area contributed by atoms with Crippen LogP contribution in [0.25, 0.3) is 0 Å². The van der Waals surface area contributed by atoms with Gasteiger partial charge in [0, 0.05) is 5.69 Å². The summed E-state index contributed by atoms with van der Waals surface area (Å²) in [6, 6.07) is 6.73. The fourth-order valence-corrected chi connectivity index (χ4v) is 3.05. The molecule has 2 saturated heterocycles. The fourth-order valence-electron chi connectivity index (χ4n) is 2.78. The van der Waals surface area contributed by atoms with Gasteiger partial charge >= 0.3 is 5.97 Å². The summed E-state index contributed by atoms with van der Waals surface area (Å²) < 4.78 is 15.8. The molecule has 4 atom stereocenters. The Morgan fingerprint density at radius 2 is 2.13 bits per heavy atom. The number of carbonyl (C=O) groups is 1. The van der Waals surface area contributed by atoms with Gasteiger partial charge in [-0.15, -0.1) is 0 Å². The van der Waals surface area contributed by atoms with E-state index in [0.717, 1.165) is 0 Å². The molecular weight excluding hydrogens is 320 g/mol. The molecule has 0 radical (unpaired) electrons. The largest absolute Gasteiger partial charge is 0.465 e. The standard InChI is InChI=1S/C15H18N2O5S/c1-20-14(19)8-3-2-4-9(5-8)16-15(23)17-10-6-21-13-11(18)7-22-12(10)13/h2-5,10-13,18H,6-7H2,1H3,(H2,16,17,23). The number of aliphatic hydroxyl groups is 1. The third kappa shape index (κ3) is 3.45. The molecule has 2 heterocycles. The molecule has 0 spiro atoms. The van der Waals surface area contributed by atoms with Crippen molar-refractivity contribution in [2.75, 3.05) is 25.6 Å². The first-order chi connectivity index (χ1) is 11.1. The van der Waals surface area contributed by atoms with E-state index in [1.54, 1.807) is 24.3 Å². The zero-order valence-corrected chi connectivity index (χ0v) is 13.3. The first kappa shape index (κ1) is 16.1. The Labute approximate surface area is 138 Å². The van der Waals surface area contributed by atoms with Crippen molar-refractivity contribution in [3.63, 3.8) is 0 Å². The monoisotopic (exact) mass is 338 g/mol. The minimum Gasteiger partial charge on any atom is -0.465 e. The van der Waals surface area contributed by atoms with Crippen molar-refractivity contribution in [2.24, 2.45) is 0 Å². The zero-order valence-electron chi connectivity index (χ0n) is 12.5. The molecule has 2 aliphatic rings. The van der Waals surface area contributed by atoms with Crippen LogP contribution in [0.15, 0.2) is 24.3 Å². The summed E-state index contributed by atoms with van der Waals surface area (Å²) >= 11 is 5.29. The van der Waals surface area contributed by atoms with Crippen molar-refractivity contribution in [1.82, 2.24) is 5.32 Å². The third-order valence-corrected chi connectivity index (χ3v) is 4.11. The van der Waals surface area contributed by atoms with E-state index in [1.165, 1.54) is 7.11 Å². The second kappa shape index (κ2) is 6.79. The second-order valence-corrected chi connectivity index (χ2v) is 5.85. The molecule has 4 unspecified atom stereocenters. The van der Waals surface area contributed by atoms with Gasteiger partial charge in [-0.25, -0.2) is 4.79 Å². The number of fused-ring (bicyclic) bond motifs is 1. The Balaban J connectivity index is 1.59. The molecule has 0 amide bonds. The molecule has 8 heteroatoms. The Bertz CT molecular complexity index is 611. The molecule has 124 valence electrons. The molecule has 0 bridgehead atoms. The minimum atomic E-state index is -0.593. The lowest BCUT2D eigenvalue weighted by molar-refractivity contribution is 0.0180. The topological polar surface area (TPSA) is 89.1 Å². The Hall–Kier alpha value is -1.74. The summed E-state index contributed by atoms with van der Waals surface area (Å²) in [5.41, 5.74) is 1.11. The molecule has 2 aliphatic heterocycles. The first-order valence-electron chi connectivity index (χ1n) is 7.25. The normalized spacial score (nSPS) is 29.0. The number of ether oxygens (including phenoxy) is 3. The summed E-state index contributed by atoms with van der Waals surface area (Å²) in [6.07, 6.45) is -1.12. The van der Waals surface area contributed by atoms with Crippen LogP contribution < -0.4 is 10.6 Å². The molecule has 2 fully saturated rings. The van der Waals surface area contributed by atoms with Gasteiger partial charge in [0.05, 0.1) is 31.9 Å². The molecule has 0 aromatic heterocycles. The highest BCUT2D eigenvalue weighted by molar-refractivity contribution is 7.80. The van der Waals surface area contributed by atoms with E-state index in [4.69, 9.17) is 21.7 Å². The maximum absolute atomic E-state index is 11.5. The number of hydrogen-bond donors (Lipinski definition) is 3. The van der Waals surface area contributed by atoms with Crippen LogP contribution in [-0.2, 0) is 14.2 Å². The molecule has 3 rings (SSSR count). The van der Waals surface area contributed by atoms with Gasteiger partial charge in [-0.1, -0.05) is 6.07 Å². The summed E-state index contributed by atoms with van der Waals surface area (Å²) in [6.45, 7) is 0.686. The summed E-state index contributed by atoms with van der Waals surface area (Å²) in [7, 11) is 1.33. The van der Waals surface area contributed by atoms with Crippen molar-refractivity contribution < 1.29 is 24.1 Å². The van der Waals surface area contributed by atoms with Crippen LogP contribution in [0.4, 0.5) is 5.69 Å². The predicted octanol–water partition coefficient (Wildman–Crippen LogP) is 0.287. The van der Waals surface area contributed by atoms with Crippen molar-refractivity contribution >= 4 is 29.0 Å². The van der Waals surface area contributed by atoms with Gasteiger partial charge in [0.2, 0.25) is 0 Å². The Morgan fingerprint density at radius 3 is 2.91 bits per heavy atom. The third-order valence-electron chi connectivity index (χ3n) is 3.89. The number of aliphatic hydroxyl groups excluding tert-OH is 1. The summed E-state index contributed by atoms with van der Waals surface area (Å²) in [5.74, 6) is -0.409. The molecule has 3 N–H and O–H groups in total. The molecule has 7 nitrogen and oxygen atoms in total. The highest BCUT2D eigenvalue weighted by Crippen LogP contribution is 2.27. The van der Waals surface area contributed by atoms with E-state index in [0.29, 0.717) is 23.0 Å². The molecular formula is C15H18N2O5S. The quantitative estimate of drug-likeness (QED) is 0.535. The smallest absolute Gasteiger partial charge is 0.337 e. The van der Waals surface area contributed by atoms with E-state index in [2.05, 4.69) is 15.4 Å². The van der Waals surface area contributed by atoms with Crippen LogP contribution in [0.5, 0.6) is 0 Å². The van der Waals surface area contributed by atoms with Crippen LogP contribution in [-0.4, -0.2) is 60.9 Å². The lowest BCUT2D eigenvalue weighted by atomic mass is 10.1. The van der Waals surface area contributed by atoms with E-state index in [1.807, 2.05) is 0 Å². The maximum Gasteiger partial charge on any atom is 0.337 e. The average Bonchev–Trinajstić information content (AvgIpc) is 3.11. The summed E-state index contributed by atoms with van der Waals surface area (Å²) in [5, 5.41) is 16.3. The lowest BCUT2D eigenvalue weighted by Gasteiger charge is -2.19. The Morgan fingerprint density at radius 1 is 1.35 bits per heavy atom. The van der Waals surface area contributed by atoms with Gasteiger partial charge < -0.3 is 30.0 Å². The van der Waals surface area contributed by atoms with Crippen molar-refractivity contribution in [3.05, 3.63) is 29.8 Å². The fraction of sp³-hybridized carbons (Fsp3) is 0.467. The number of esters is 1. The van der Waals surface area contributed by atoms with Crippen molar-refractivity contribution in [1.29, 1.82) is 0 Å². The number of thiocarbonyl (C=S) groups is 1. The van der Waals surface area contributed by atoms with Gasteiger partial charge in [-0.2, -0.15) is 0 Å². The molecule has 0 saturated carbocycles. The number of rotatable bonds is 3. The van der Waals surface area contributed by atoms with Crippen LogP contribution in [0.2, 0.25) is 0 Å². The van der Waals surface area contributed by atoms with Crippen molar-refractivity contribution in [3.8, 4) is 0 Å². The van der Waals surface area contributed by atoms with E-state index < -0.39 is 12.1 Å². The number of nitrogens with one attached hydrogen (secondary N) is 2. The van der Waals surface area contributed by atoms with Gasteiger partial charge in [0.25, 0.3) is 0 Å². The molecule has 23 heavy (non-hydrogen) atoms. The van der Waals surface area contributed by atoms with E-state index >= 15 is 0 Å². The lowest BCUT2D eigenvalue weighted by Crippen LogP contribution is -2.45. The summed E-state index contributed by atoms with van der Waals surface area (Å²) in [4.78, 5) is 11.5. The van der Waals surface area contributed by atoms with Crippen molar-refractivity contribution in [2.45, 2.75) is 24.4 Å². The van der Waals surface area contributed by atoms with Gasteiger partial charge in [0.1, 0.15) is 18.3 Å². The first-order valence-corrected chi connectivity index (χ1v) is 7.66. The SMILES string of the molecule is COC(=O)c1cccc(NC(=S)NC2COC3C(O)COC23)c1. The highest BCUT2D eigenvalue weighted by Gasteiger charge is 2.47. The molecule has 1 aromatic carbocycles. The number of benzene rings is 1. The molecule has 1 aromatic rings. The molecule has 0 aliphatic carbocycles. The van der Waals surface area contributed by atoms with Crippen LogP contribution >= 0.6 is 12.2 Å². The number of hydrogen-bond acceptors (Lipinski definition) is 6. The predicted molar refractivity (Wildman–Crippen MR) is 86.4 cm³/mol. The number of carbonyl (C=O) groups excluding carboxylic acids is 1. The van der Waals surface area contributed by atoms with Crippen LogP contribution in [0, 0.1) is 0 Å². The average molecular weight is 338 g/mol. The highest BCUT2D eigenvalue weighted by atomic mass is 32.1. The van der Waals surface area contributed by atoms with Gasteiger partial charge in [0.15, 0.2) is 5.11 Å². The minimum absolute atomic E-state index is 0.124. The van der Waals surface area contributed by atoms with Gasteiger partial charge in [-0.3, -0.25) is 0 Å². The number of anilines is 1. The van der Waals surface area contributed by atoms with E-state index in [-0.39, 0.29) is 24.9 Å². The van der Waals surface area contributed by atoms with E-state index in [9.17, 15) is 9.90 Å². The zero-order chi connectivity index (χ0) is 16.4. The van der Waals surface area contributed by atoms with Crippen LogP contribution in [0.1, 0.15) is 10.4 Å². The van der Waals surface area contributed by atoms with Crippen LogP contribution in [0.3, 0.4) is 0 Å². The number of methoxy groups -OCH3 is 1. The second-order valence-electron chi connectivity index (χ2n) is 5.44. The van der Waals surface area contributed by atoms with Gasteiger partial charge in [-0.05, 0) is 30.4 Å². The Kier molecular flexibility index (Phi) is 4.76. The maximum atomic E-state index is 11.5.